The van der Waals surface area contributed by atoms with Crippen molar-refractivity contribution in [1.29, 1.82) is 0 Å². The normalized spacial score (nSPS) is 13.5. The van der Waals surface area contributed by atoms with E-state index in [1.807, 2.05) is 18.2 Å². The van der Waals surface area contributed by atoms with E-state index in [0.717, 1.165) is 0 Å². The maximum absolute atomic E-state index is 12.2. The molecule has 0 bridgehead atoms. The molecule has 0 aliphatic heterocycles. The van der Waals surface area contributed by atoms with Gasteiger partial charge in [0, 0.05) is 7.05 Å². The highest BCUT2D eigenvalue weighted by Gasteiger charge is 2.46. The molecular formula is C14H19NO3. The zero-order valence-electron chi connectivity index (χ0n) is 11.0. The molecule has 1 unspecified atom stereocenters. The Balaban J connectivity index is 3.32. The van der Waals surface area contributed by atoms with Crippen molar-refractivity contribution in [2.75, 3.05) is 13.7 Å². The molecule has 0 spiro atoms. The SMILES string of the molecule is CCOC(=O)C(CC)(C(=O)NC)c1ccccc1. The van der Waals surface area contributed by atoms with Crippen LogP contribution in [0.4, 0.5) is 0 Å². The van der Waals surface area contributed by atoms with Crippen LogP contribution in [0.5, 0.6) is 0 Å². The van der Waals surface area contributed by atoms with Crippen LogP contribution in [0.3, 0.4) is 0 Å². The highest BCUT2D eigenvalue weighted by atomic mass is 16.5. The topological polar surface area (TPSA) is 55.4 Å². The standard InChI is InChI=1S/C14H19NO3/c1-4-14(12(16)15-3,13(17)18-5-2)11-9-7-6-8-10-11/h6-10H,4-5H2,1-3H3,(H,15,16). The van der Waals surface area contributed by atoms with Crippen molar-refractivity contribution in [2.24, 2.45) is 0 Å². The number of benzene rings is 1. The summed E-state index contributed by atoms with van der Waals surface area (Å²) in [4.78, 5) is 24.4. The Morgan fingerprint density at radius 1 is 1.22 bits per heavy atom. The summed E-state index contributed by atoms with van der Waals surface area (Å²) < 4.78 is 5.08. The average Bonchev–Trinajstić information content (AvgIpc) is 2.41. The number of amides is 1. The predicted octanol–water partition coefficient (Wildman–Crippen LogP) is 1.64. The molecule has 0 aliphatic rings. The number of hydrogen-bond donors (Lipinski definition) is 1. The summed E-state index contributed by atoms with van der Waals surface area (Å²) in [5, 5.41) is 2.55. The molecule has 4 heteroatoms. The van der Waals surface area contributed by atoms with Crippen LogP contribution in [0.15, 0.2) is 30.3 Å². The van der Waals surface area contributed by atoms with Crippen LogP contribution >= 0.6 is 0 Å². The number of carbonyl (C=O) groups excluding carboxylic acids is 2. The lowest BCUT2D eigenvalue weighted by molar-refractivity contribution is -0.155. The van der Waals surface area contributed by atoms with Gasteiger partial charge >= 0.3 is 5.97 Å². The van der Waals surface area contributed by atoms with E-state index in [4.69, 9.17) is 4.74 Å². The van der Waals surface area contributed by atoms with Crippen molar-refractivity contribution in [3.05, 3.63) is 35.9 Å². The maximum atomic E-state index is 12.2. The van der Waals surface area contributed by atoms with Gasteiger partial charge in [0.1, 0.15) is 0 Å². The van der Waals surface area contributed by atoms with Crippen molar-refractivity contribution in [1.82, 2.24) is 5.32 Å². The molecule has 0 radical (unpaired) electrons. The highest BCUT2D eigenvalue weighted by molar-refractivity contribution is 6.08. The molecule has 1 N–H and O–H groups in total. The van der Waals surface area contributed by atoms with Crippen molar-refractivity contribution in [3.63, 3.8) is 0 Å². The second-order valence-electron chi connectivity index (χ2n) is 3.92. The molecule has 0 aromatic heterocycles. The van der Waals surface area contributed by atoms with Crippen LogP contribution in [0, 0.1) is 0 Å². The van der Waals surface area contributed by atoms with Crippen LogP contribution in [0.25, 0.3) is 0 Å². The fourth-order valence-electron chi connectivity index (χ4n) is 2.04. The Bertz CT molecular complexity index is 416. The first-order valence-corrected chi connectivity index (χ1v) is 6.08. The zero-order chi connectivity index (χ0) is 13.6. The van der Waals surface area contributed by atoms with E-state index in [2.05, 4.69) is 5.32 Å². The first kappa shape index (κ1) is 14.2. The minimum Gasteiger partial charge on any atom is -0.465 e. The first-order valence-electron chi connectivity index (χ1n) is 6.08. The van der Waals surface area contributed by atoms with Gasteiger partial charge in [0.15, 0.2) is 5.41 Å². The Morgan fingerprint density at radius 2 is 1.83 bits per heavy atom. The van der Waals surface area contributed by atoms with E-state index in [9.17, 15) is 9.59 Å². The number of nitrogens with one attached hydrogen (secondary N) is 1. The Morgan fingerprint density at radius 3 is 2.28 bits per heavy atom. The molecule has 4 nitrogen and oxygen atoms in total. The predicted molar refractivity (Wildman–Crippen MR) is 69.1 cm³/mol. The quantitative estimate of drug-likeness (QED) is 0.637. The molecule has 0 saturated heterocycles. The van der Waals surface area contributed by atoms with Gasteiger partial charge in [-0.05, 0) is 18.9 Å². The minimum atomic E-state index is -1.26. The van der Waals surface area contributed by atoms with E-state index >= 15 is 0 Å². The van der Waals surface area contributed by atoms with E-state index in [1.165, 1.54) is 7.05 Å². The molecule has 18 heavy (non-hydrogen) atoms. The van der Waals surface area contributed by atoms with Crippen molar-refractivity contribution < 1.29 is 14.3 Å². The lowest BCUT2D eigenvalue weighted by Crippen LogP contribution is -2.49. The average molecular weight is 249 g/mol. The molecule has 0 fully saturated rings. The summed E-state index contributed by atoms with van der Waals surface area (Å²) in [5.74, 6) is -0.840. The van der Waals surface area contributed by atoms with Gasteiger partial charge in [-0.15, -0.1) is 0 Å². The lowest BCUT2D eigenvalue weighted by Gasteiger charge is -2.28. The molecule has 0 saturated carbocycles. The third kappa shape index (κ3) is 2.37. The van der Waals surface area contributed by atoms with Crippen LogP contribution in [-0.4, -0.2) is 25.5 Å². The van der Waals surface area contributed by atoms with Crippen LogP contribution < -0.4 is 5.32 Å². The van der Waals surface area contributed by atoms with Gasteiger partial charge in [-0.2, -0.15) is 0 Å². The molecule has 1 aromatic carbocycles. The lowest BCUT2D eigenvalue weighted by atomic mass is 9.77. The number of ether oxygens (including phenoxy) is 1. The zero-order valence-corrected chi connectivity index (χ0v) is 11.0. The highest BCUT2D eigenvalue weighted by Crippen LogP contribution is 2.30. The molecular weight excluding hydrogens is 230 g/mol. The minimum absolute atomic E-state index is 0.254. The third-order valence-corrected chi connectivity index (χ3v) is 3.04. The molecule has 0 aliphatic carbocycles. The number of hydrogen-bond acceptors (Lipinski definition) is 3. The van der Waals surface area contributed by atoms with Gasteiger partial charge < -0.3 is 10.1 Å². The van der Waals surface area contributed by atoms with Gasteiger partial charge in [-0.1, -0.05) is 37.3 Å². The number of likely N-dealkylation sites (N-methyl/N-ethyl adjacent to an activating group) is 1. The van der Waals surface area contributed by atoms with Crippen molar-refractivity contribution in [3.8, 4) is 0 Å². The Hall–Kier alpha value is -1.84. The smallest absolute Gasteiger partial charge is 0.326 e. The van der Waals surface area contributed by atoms with E-state index in [-0.39, 0.29) is 12.5 Å². The molecule has 1 aromatic rings. The van der Waals surface area contributed by atoms with E-state index < -0.39 is 11.4 Å². The number of esters is 1. The largest absolute Gasteiger partial charge is 0.465 e. The Kier molecular flexibility index (Phi) is 4.89. The van der Waals surface area contributed by atoms with Gasteiger partial charge in [-0.25, -0.2) is 0 Å². The summed E-state index contributed by atoms with van der Waals surface area (Å²) in [6, 6.07) is 9.01. The third-order valence-electron chi connectivity index (χ3n) is 3.04. The fraction of sp³-hybridized carbons (Fsp3) is 0.429. The van der Waals surface area contributed by atoms with Crippen LogP contribution in [0.2, 0.25) is 0 Å². The molecule has 1 atom stereocenters. The summed E-state index contributed by atoms with van der Waals surface area (Å²) in [6.45, 7) is 3.79. The summed E-state index contributed by atoms with van der Waals surface area (Å²) in [6.07, 6.45) is 0.357. The van der Waals surface area contributed by atoms with Crippen LogP contribution in [0.1, 0.15) is 25.8 Å². The van der Waals surface area contributed by atoms with Gasteiger partial charge in [0.25, 0.3) is 0 Å². The second-order valence-corrected chi connectivity index (χ2v) is 3.92. The fourth-order valence-corrected chi connectivity index (χ4v) is 2.04. The number of rotatable bonds is 5. The second kappa shape index (κ2) is 6.19. The Labute approximate surface area is 107 Å². The monoisotopic (exact) mass is 249 g/mol. The van der Waals surface area contributed by atoms with Crippen molar-refractivity contribution in [2.45, 2.75) is 25.7 Å². The van der Waals surface area contributed by atoms with Crippen molar-refractivity contribution >= 4 is 11.9 Å². The summed E-state index contributed by atoms with van der Waals surface area (Å²) >= 11 is 0. The molecule has 98 valence electrons. The van der Waals surface area contributed by atoms with E-state index in [0.29, 0.717) is 12.0 Å². The van der Waals surface area contributed by atoms with Gasteiger partial charge in [0.2, 0.25) is 5.91 Å². The van der Waals surface area contributed by atoms with Gasteiger partial charge in [-0.3, -0.25) is 9.59 Å². The van der Waals surface area contributed by atoms with E-state index in [1.54, 1.807) is 26.0 Å². The van der Waals surface area contributed by atoms with Crippen LogP contribution in [-0.2, 0) is 19.7 Å². The molecule has 1 rings (SSSR count). The maximum Gasteiger partial charge on any atom is 0.326 e. The summed E-state index contributed by atoms with van der Waals surface area (Å²) in [7, 11) is 1.52. The molecule has 0 heterocycles. The molecule has 1 amide bonds. The first-order chi connectivity index (χ1) is 8.63. The number of carbonyl (C=O) groups is 2. The summed E-state index contributed by atoms with van der Waals surface area (Å²) in [5.41, 5.74) is -0.600. The van der Waals surface area contributed by atoms with Gasteiger partial charge in [0.05, 0.1) is 6.61 Å².